The van der Waals surface area contributed by atoms with Crippen LogP contribution in [0.1, 0.15) is 6.42 Å². The molecule has 68 valence electrons. The van der Waals surface area contributed by atoms with Crippen molar-refractivity contribution in [3.63, 3.8) is 0 Å². The zero-order valence-corrected chi connectivity index (χ0v) is 8.05. The number of aromatic nitrogens is 1. The topological polar surface area (TPSA) is 28.2 Å². The van der Waals surface area contributed by atoms with E-state index in [0.717, 1.165) is 18.9 Å². The van der Waals surface area contributed by atoms with Gasteiger partial charge in [0.2, 0.25) is 0 Å². The highest BCUT2D eigenvalue weighted by molar-refractivity contribution is 7.97. The van der Waals surface area contributed by atoms with E-state index >= 15 is 0 Å². The zero-order valence-electron chi connectivity index (χ0n) is 7.23. The Labute approximate surface area is 81.7 Å². The first kappa shape index (κ1) is 7.64. The van der Waals surface area contributed by atoms with Crippen molar-refractivity contribution in [1.82, 2.24) is 9.71 Å². The van der Waals surface area contributed by atoms with Crippen LogP contribution in [0.4, 0.5) is 5.82 Å². The van der Waals surface area contributed by atoms with Crippen LogP contribution in [0.2, 0.25) is 0 Å². The molecule has 13 heavy (non-hydrogen) atoms. The van der Waals surface area contributed by atoms with E-state index < -0.39 is 0 Å². The molecule has 2 aliphatic heterocycles. The summed E-state index contributed by atoms with van der Waals surface area (Å²) in [6, 6.07) is 4.79. The molecular formula is C9H11N3S. The van der Waals surface area contributed by atoms with E-state index in [1.54, 1.807) is 11.9 Å². The molecule has 1 aromatic rings. The lowest BCUT2D eigenvalue weighted by atomic mass is 10.0. The Balaban J connectivity index is 2.04. The maximum absolute atomic E-state index is 4.43. The summed E-state index contributed by atoms with van der Waals surface area (Å²) in [6.45, 7) is 2.23. The number of rotatable bonds is 0. The molecule has 0 spiro atoms. The molecule has 0 saturated carbocycles. The molecule has 3 nitrogen and oxygen atoms in total. The van der Waals surface area contributed by atoms with Crippen LogP contribution in [-0.4, -0.2) is 24.1 Å². The van der Waals surface area contributed by atoms with E-state index in [-0.39, 0.29) is 0 Å². The summed E-state index contributed by atoms with van der Waals surface area (Å²) >= 11 is 1.70. The Hall–Kier alpha value is -0.740. The van der Waals surface area contributed by atoms with E-state index in [4.69, 9.17) is 0 Å². The molecule has 1 fully saturated rings. The molecule has 1 atom stereocenters. The van der Waals surface area contributed by atoms with Crippen molar-refractivity contribution in [2.24, 2.45) is 0 Å². The molecule has 1 N–H and O–H groups in total. The summed E-state index contributed by atoms with van der Waals surface area (Å²) in [6.07, 6.45) is 3.17. The lowest BCUT2D eigenvalue weighted by Gasteiger charge is -2.40. The van der Waals surface area contributed by atoms with E-state index in [0.29, 0.717) is 6.04 Å². The average Bonchev–Trinajstić information content (AvgIpc) is 2.23. The lowest BCUT2D eigenvalue weighted by molar-refractivity contribution is 0.445. The highest BCUT2D eigenvalue weighted by atomic mass is 32.2. The van der Waals surface area contributed by atoms with Crippen LogP contribution in [0.5, 0.6) is 0 Å². The molecule has 0 aliphatic carbocycles. The van der Waals surface area contributed by atoms with Gasteiger partial charge in [0, 0.05) is 25.3 Å². The van der Waals surface area contributed by atoms with Gasteiger partial charge in [-0.2, -0.15) is 0 Å². The lowest BCUT2D eigenvalue weighted by Crippen LogP contribution is -2.51. The van der Waals surface area contributed by atoms with E-state index in [9.17, 15) is 0 Å². The minimum Gasteiger partial charge on any atom is -0.351 e. The SMILES string of the molecule is c1cnc2c(c1)SNC[C@H]1CCN21. The van der Waals surface area contributed by atoms with Gasteiger partial charge < -0.3 is 4.90 Å². The summed E-state index contributed by atoms with van der Waals surface area (Å²) in [4.78, 5) is 8.07. The van der Waals surface area contributed by atoms with Gasteiger partial charge in [0.05, 0.1) is 4.90 Å². The fraction of sp³-hybridized carbons (Fsp3) is 0.444. The second-order valence-electron chi connectivity index (χ2n) is 3.41. The van der Waals surface area contributed by atoms with Gasteiger partial charge in [-0.1, -0.05) is 0 Å². The third-order valence-electron chi connectivity index (χ3n) is 2.67. The summed E-state index contributed by atoms with van der Waals surface area (Å²) in [5.41, 5.74) is 0. The molecule has 0 bridgehead atoms. The summed E-state index contributed by atoms with van der Waals surface area (Å²) in [7, 11) is 0. The largest absolute Gasteiger partial charge is 0.351 e. The first-order chi connectivity index (χ1) is 6.45. The molecule has 1 aromatic heterocycles. The number of fused-ring (bicyclic) bond motifs is 3. The van der Waals surface area contributed by atoms with Gasteiger partial charge >= 0.3 is 0 Å². The summed E-state index contributed by atoms with van der Waals surface area (Å²) in [5, 5.41) is 0. The molecule has 1 saturated heterocycles. The van der Waals surface area contributed by atoms with Crippen molar-refractivity contribution in [3.05, 3.63) is 18.3 Å². The van der Waals surface area contributed by atoms with Gasteiger partial charge in [-0.05, 0) is 30.5 Å². The third-order valence-corrected chi connectivity index (χ3v) is 3.52. The Morgan fingerprint density at radius 3 is 3.46 bits per heavy atom. The summed E-state index contributed by atoms with van der Waals surface area (Å²) in [5.74, 6) is 1.16. The fourth-order valence-electron chi connectivity index (χ4n) is 1.83. The number of nitrogens with zero attached hydrogens (tertiary/aromatic N) is 2. The van der Waals surface area contributed by atoms with Gasteiger partial charge in [-0.25, -0.2) is 4.98 Å². The number of hydrogen-bond acceptors (Lipinski definition) is 4. The molecule has 2 aliphatic rings. The average molecular weight is 193 g/mol. The standard InChI is InChI=1S/C9H11N3S/c1-2-8-9(10-4-1)12-5-3-7(12)6-11-13-8/h1-2,4,7,11H,3,5-6H2/t7-/m1/s1. The highest BCUT2D eigenvalue weighted by Gasteiger charge is 2.32. The fourth-order valence-corrected chi connectivity index (χ4v) is 2.66. The maximum Gasteiger partial charge on any atom is 0.143 e. The van der Waals surface area contributed by atoms with Crippen LogP contribution in [-0.2, 0) is 0 Å². The number of hydrogen-bond donors (Lipinski definition) is 1. The molecule has 3 heterocycles. The van der Waals surface area contributed by atoms with Crippen LogP contribution in [0.15, 0.2) is 23.2 Å². The Morgan fingerprint density at radius 2 is 2.62 bits per heavy atom. The molecule has 0 amide bonds. The highest BCUT2D eigenvalue weighted by Crippen LogP contribution is 2.34. The number of nitrogens with one attached hydrogen (secondary N) is 1. The predicted molar refractivity (Wildman–Crippen MR) is 53.8 cm³/mol. The van der Waals surface area contributed by atoms with E-state index in [1.165, 1.54) is 11.3 Å². The second-order valence-corrected chi connectivity index (χ2v) is 4.34. The molecule has 0 radical (unpaired) electrons. The molecule has 3 rings (SSSR count). The van der Waals surface area contributed by atoms with Crippen molar-refractivity contribution >= 4 is 17.8 Å². The van der Waals surface area contributed by atoms with Gasteiger partial charge in [-0.15, -0.1) is 0 Å². The minimum atomic E-state index is 0.670. The van der Waals surface area contributed by atoms with E-state index in [2.05, 4.69) is 20.7 Å². The van der Waals surface area contributed by atoms with Gasteiger partial charge in [0.25, 0.3) is 0 Å². The maximum atomic E-state index is 4.43. The van der Waals surface area contributed by atoms with Crippen LogP contribution >= 0.6 is 11.9 Å². The number of pyridine rings is 1. The van der Waals surface area contributed by atoms with Crippen LogP contribution in [0.25, 0.3) is 0 Å². The van der Waals surface area contributed by atoms with E-state index in [1.807, 2.05) is 12.3 Å². The van der Waals surface area contributed by atoms with Gasteiger partial charge in [-0.3, -0.25) is 4.72 Å². The van der Waals surface area contributed by atoms with Crippen molar-refractivity contribution in [1.29, 1.82) is 0 Å². The first-order valence-corrected chi connectivity index (χ1v) is 5.38. The second kappa shape index (κ2) is 2.89. The molecular weight excluding hydrogens is 182 g/mol. The van der Waals surface area contributed by atoms with Crippen LogP contribution < -0.4 is 9.62 Å². The third kappa shape index (κ3) is 1.13. The van der Waals surface area contributed by atoms with Crippen molar-refractivity contribution in [2.45, 2.75) is 17.4 Å². The van der Waals surface area contributed by atoms with Crippen molar-refractivity contribution in [3.8, 4) is 0 Å². The smallest absolute Gasteiger partial charge is 0.143 e. The molecule has 4 heteroatoms. The quantitative estimate of drug-likeness (QED) is 0.628. The molecule has 0 unspecified atom stereocenters. The monoisotopic (exact) mass is 193 g/mol. The Bertz CT molecular complexity index is 328. The van der Waals surface area contributed by atoms with Crippen LogP contribution in [0.3, 0.4) is 0 Å². The number of anilines is 1. The van der Waals surface area contributed by atoms with Gasteiger partial charge in [0.15, 0.2) is 0 Å². The van der Waals surface area contributed by atoms with Crippen LogP contribution in [0, 0.1) is 0 Å². The molecule has 0 aromatic carbocycles. The van der Waals surface area contributed by atoms with Crippen molar-refractivity contribution in [2.75, 3.05) is 18.0 Å². The zero-order chi connectivity index (χ0) is 8.67. The van der Waals surface area contributed by atoms with Gasteiger partial charge in [0.1, 0.15) is 5.82 Å². The Morgan fingerprint density at radius 1 is 1.62 bits per heavy atom. The summed E-state index contributed by atoms with van der Waals surface area (Å²) < 4.78 is 3.37. The van der Waals surface area contributed by atoms with Crippen molar-refractivity contribution < 1.29 is 0 Å². The Kier molecular flexibility index (Phi) is 1.70. The predicted octanol–water partition coefficient (Wildman–Crippen LogP) is 1.27. The normalized spacial score (nSPS) is 25.5. The first-order valence-electron chi connectivity index (χ1n) is 4.56. The minimum absolute atomic E-state index is 0.670.